The Morgan fingerprint density at radius 3 is 2.49 bits per heavy atom. The molecule has 12 heteroatoms. The zero-order chi connectivity index (χ0) is 28.8. The van der Waals surface area contributed by atoms with Crippen molar-refractivity contribution >= 4 is 36.6 Å². The Hall–Kier alpha value is -3.22. The summed E-state index contributed by atoms with van der Waals surface area (Å²) in [4.78, 5) is 21.3. The van der Waals surface area contributed by atoms with Gasteiger partial charge in [0.2, 0.25) is 0 Å². The van der Waals surface area contributed by atoms with Crippen LogP contribution in [0.4, 0.5) is 13.2 Å². The van der Waals surface area contributed by atoms with Gasteiger partial charge >= 0.3 is 6.18 Å². The van der Waals surface area contributed by atoms with E-state index < -0.39 is 32.1 Å². The summed E-state index contributed by atoms with van der Waals surface area (Å²) in [6, 6.07) is 8.61. The minimum atomic E-state index is -4.54. The van der Waals surface area contributed by atoms with Gasteiger partial charge in [0, 0.05) is 11.6 Å². The highest BCUT2D eigenvalue weighted by atomic mass is 32.1. The average Bonchev–Trinajstić information content (AvgIpc) is 3.45. The van der Waals surface area contributed by atoms with Gasteiger partial charge in [-0.25, -0.2) is 4.98 Å². The molecule has 3 aromatic heterocycles. The van der Waals surface area contributed by atoms with Crippen molar-refractivity contribution in [3.63, 3.8) is 0 Å². The third kappa shape index (κ3) is 6.02. The van der Waals surface area contributed by atoms with E-state index in [1.54, 1.807) is 23.2 Å². The predicted molar refractivity (Wildman–Crippen MR) is 148 cm³/mol. The highest BCUT2D eigenvalue weighted by Gasteiger charge is 2.37. The topological polar surface area (TPSA) is 92.3 Å². The van der Waals surface area contributed by atoms with Gasteiger partial charge in [0.15, 0.2) is 8.32 Å². The van der Waals surface area contributed by atoms with E-state index >= 15 is 0 Å². The van der Waals surface area contributed by atoms with Crippen molar-refractivity contribution in [2.45, 2.75) is 64.7 Å². The van der Waals surface area contributed by atoms with Gasteiger partial charge in [-0.15, -0.1) is 11.3 Å². The number of thiophene rings is 1. The first-order valence-electron chi connectivity index (χ1n) is 12.3. The Kier molecular flexibility index (Phi) is 7.67. The molecule has 0 spiro atoms. The van der Waals surface area contributed by atoms with Gasteiger partial charge in [0.25, 0.3) is 5.91 Å². The molecule has 1 aromatic carbocycles. The van der Waals surface area contributed by atoms with Gasteiger partial charge in [-0.2, -0.15) is 13.2 Å². The third-order valence-corrected chi connectivity index (χ3v) is 12.6. The number of carbonyl (C=O) groups is 1. The monoisotopic (exact) mass is 576 g/mol. The number of imidazole rings is 1. The Morgan fingerprint density at radius 2 is 1.85 bits per heavy atom. The van der Waals surface area contributed by atoms with E-state index in [2.05, 4.69) is 43.8 Å². The first-order chi connectivity index (χ1) is 18.1. The second-order valence-electron chi connectivity index (χ2n) is 10.8. The van der Waals surface area contributed by atoms with Crippen LogP contribution in [0.5, 0.6) is 5.75 Å². The lowest BCUT2D eigenvalue weighted by molar-refractivity contribution is -0.139. The summed E-state index contributed by atoms with van der Waals surface area (Å²) in [6.45, 7) is 12.7. The number of carbonyl (C=O) groups excluding carboxylic acids is 1. The van der Waals surface area contributed by atoms with Crippen LogP contribution in [-0.4, -0.2) is 28.8 Å². The molecular formula is C27H31F3N4O3SSi. The number of amides is 1. The lowest BCUT2D eigenvalue weighted by Crippen LogP contribution is -2.40. The fourth-order valence-corrected chi connectivity index (χ4v) is 5.65. The SMILES string of the molecule is C[C@@H](Oc1cc(-n2cnc3cc(CO[Si](C)(C)C(C)(C)C)ncc32)sc1C(N)=O)c1ccccc1C(F)(F)F. The van der Waals surface area contributed by atoms with Crippen molar-refractivity contribution in [2.24, 2.45) is 5.73 Å². The van der Waals surface area contributed by atoms with Crippen LogP contribution in [0.2, 0.25) is 18.1 Å². The number of hydrogen-bond acceptors (Lipinski definition) is 6. The van der Waals surface area contributed by atoms with Crippen LogP contribution in [0.3, 0.4) is 0 Å². The Balaban J connectivity index is 1.62. The number of nitrogens with zero attached hydrogens (tertiary/aromatic N) is 3. The lowest BCUT2D eigenvalue weighted by Gasteiger charge is -2.36. The quantitative estimate of drug-likeness (QED) is 0.223. The number of hydrogen-bond donors (Lipinski definition) is 1. The van der Waals surface area contributed by atoms with Gasteiger partial charge < -0.3 is 14.9 Å². The largest absolute Gasteiger partial charge is 0.484 e. The maximum atomic E-state index is 13.5. The molecule has 4 aromatic rings. The van der Waals surface area contributed by atoms with Gasteiger partial charge in [0.1, 0.15) is 28.1 Å². The second kappa shape index (κ2) is 10.4. The highest BCUT2D eigenvalue weighted by molar-refractivity contribution is 7.16. The number of pyridine rings is 1. The van der Waals surface area contributed by atoms with Crippen molar-refractivity contribution in [1.29, 1.82) is 0 Å². The van der Waals surface area contributed by atoms with Crippen LogP contribution in [-0.2, 0) is 17.2 Å². The van der Waals surface area contributed by atoms with Crippen LogP contribution in [0.25, 0.3) is 16.0 Å². The summed E-state index contributed by atoms with van der Waals surface area (Å²) < 4.78 is 54.5. The molecule has 0 saturated carbocycles. The number of rotatable bonds is 8. The number of benzene rings is 1. The van der Waals surface area contributed by atoms with E-state index in [4.69, 9.17) is 14.9 Å². The average molecular weight is 577 g/mol. The molecule has 0 bridgehead atoms. The van der Waals surface area contributed by atoms with Crippen LogP contribution >= 0.6 is 11.3 Å². The molecule has 1 amide bonds. The van der Waals surface area contributed by atoms with E-state index in [1.807, 2.05) is 6.07 Å². The Morgan fingerprint density at radius 1 is 1.15 bits per heavy atom. The van der Waals surface area contributed by atoms with Crippen molar-refractivity contribution in [1.82, 2.24) is 14.5 Å². The zero-order valence-corrected chi connectivity index (χ0v) is 24.4. The summed E-state index contributed by atoms with van der Waals surface area (Å²) in [6.07, 6.45) is -2.27. The summed E-state index contributed by atoms with van der Waals surface area (Å²) in [5, 5.41) is 0.631. The standard InChI is InChI=1S/C27H31F3N4O3SSi/c1-16(18-9-7-8-10-19(18)27(28,29)30)37-22-12-23(38-24(22)25(31)35)34-15-33-20-11-17(32-13-21(20)34)14-36-39(5,6)26(2,3)4/h7-13,15-16H,14H2,1-6H3,(H2,31,35)/t16-/m1/s1. The molecule has 0 radical (unpaired) electrons. The van der Waals surface area contributed by atoms with E-state index in [9.17, 15) is 18.0 Å². The zero-order valence-electron chi connectivity index (χ0n) is 22.6. The molecule has 4 rings (SSSR count). The van der Waals surface area contributed by atoms with Crippen LogP contribution in [0.15, 0.2) is 48.9 Å². The molecule has 0 aliphatic carbocycles. The molecule has 0 aliphatic heterocycles. The number of primary amides is 1. The fraction of sp³-hybridized carbons (Fsp3) is 0.370. The van der Waals surface area contributed by atoms with E-state index in [0.29, 0.717) is 22.6 Å². The molecule has 0 aliphatic rings. The Bertz CT molecular complexity index is 1510. The van der Waals surface area contributed by atoms with Gasteiger partial charge in [-0.1, -0.05) is 39.0 Å². The third-order valence-electron chi connectivity index (χ3n) is 7.03. The van der Waals surface area contributed by atoms with Gasteiger partial charge in [0.05, 0.1) is 35.1 Å². The Labute approximate surface area is 229 Å². The molecule has 7 nitrogen and oxygen atoms in total. The number of ether oxygens (including phenoxy) is 1. The summed E-state index contributed by atoms with van der Waals surface area (Å²) >= 11 is 1.06. The number of halogens is 3. The van der Waals surface area contributed by atoms with Crippen LogP contribution in [0, 0.1) is 0 Å². The smallest absolute Gasteiger partial charge is 0.416 e. The minimum absolute atomic E-state index is 0.0436. The lowest BCUT2D eigenvalue weighted by atomic mass is 10.0. The summed E-state index contributed by atoms with van der Waals surface area (Å²) in [7, 11) is -1.95. The van der Waals surface area contributed by atoms with Crippen molar-refractivity contribution in [3.05, 3.63) is 70.6 Å². The van der Waals surface area contributed by atoms with Crippen molar-refractivity contribution in [3.8, 4) is 10.8 Å². The highest BCUT2D eigenvalue weighted by Crippen LogP contribution is 2.40. The molecule has 2 N–H and O–H groups in total. The molecule has 39 heavy (non-hydrogen) atoms. The molecule has 0 saturated heterocycles. The van der Waals surface area contributed by atoms with E-state index in [0.717, 1.165) is 23.1 Å². The molecule has 1 atom stereocenters. The normalized spacial score (nSPS) is 13.6. The fourth-order valence-electron chi connectivity index (χ4n) is 3.78. The second-order valence-corrected chi connectivity index (χ2v) is 16.7. The number of aromatic nitrogens is 3. The molecule has 0 fully saturated rings. The van der Waals surface area contributed by atoms with E-state index in [1.165, 1.54) is 25.1 Å². The van der Waals surface area contributed by atoms with E-state index in [-0.39, 0.29) is 21.2 Å². The van der Waals surface area contributed by atoms with Gasteiger partial charge in [-0.05, 0) is 37.2 Å². The minimum Gasteiger partial charge on any atom is -0.484 e. The van der Waals surface area contributed by atoms with Crippen molar-refractivity contribution < 1.29 is 27.1 Å². The van der Waals surface area contributed by atoms with Crippen molar-refractivity contribution in [2.75, 3.05) is 0 Å². The number of alkyl halides is 3. The summed E-state index contributed by atoms with van der Waals surface area (Å²) in [5.74, 6) is -0.647. The maximum absolute atomic E-state index is 13.5. The number of nitrogens with two attached hydrogens (primary N) is 1. The predicted octanol–water partition coefficient (Wildman–Crippen LogP) is 7.26. The molecular weight excluding hydrogens is 545 g/mol. The van der Waals surface area contributed by atoms with Crippen LogP contribution < -0.4 is 10.5 Å². The molecule has 0 unspecified atom stereocenters. The molecule has 3 heterocycles. The molecule has 208 valence electrons. The summed E-state index contributed by atoms with van der Waals surface area (Å²) in [5.41, 5.74) is 6.87. The first kappa shape index (κ1) is 28.8. The first-order valence-corrected chi connectivity index (χ1v) is 16.0. The van der Waals surface area contributed by atoms with Crippen LogP contribution in [0.1, 0.15) is 60.3 Å². The number of fused-ring (bicyclic) bond motifs is 1. The maximum Gasteiger partial charge on any atom is 0.416 e. The van der Waals surface area contributed by atoms with Gasteiger partial charge in [-0.3, -0.25) is 14.3 Å².